The molecule has 2 aromatic carbocycles. The van der Waals surface area contributed by atoms with Gasteiger partial charge < -0.3 is 10.2 Å². The zero-order valence-corrected chi connectivity index (χ0v) is 14.4. The SMILES string of the molecule is OC(c1ccccc1)n1c(=S)sc(=S)n1C(O)c1ccccc1. The number of hydrogen-bond donors (Lipinski definition) is 2. The van der Waals surface area contributed by atoms with Gasteiger partial charge in [-0.05, 0) is 24.4 Å². The van der Waals surface area contributed by atoms with E-state index < -0.39 is 12.5 Å². The molecule has 1 heterocycles. The second-order valence-electron chi connectivity index (χ2n) is 4.89. The van der Waals surface area contributed by atoms with Crippen LogP contribution in [0.4, 0.5) is 0 Å². The average molecular weight is 363 g/mol. The van der Waals surface area contributed by atoms with Crippen LogP contribution in [0.25, 0.3) is 0 Å². The maximum absolute atomic E-state index is 10.7. The second-order valence-corrected chi connectivity index (χ2v) is 7.16. The summed E-state index contributed by atoms with van der Waals surface area (Å²) in [5.74, 6) is 0. The van der Waals surface area contributed by atoms with Crippen LogP contribution in [-0.2, 0) is 0 Å². The number of hydrogen-bond acceptors (Lipinski definition) is 5. The van der Waals surface area contributed by atoms with Gasteiger partial charge in [0.25, 0.3) is 0 Å². The standard InChI is InChI=1S/C16H14N2O2S3/c19-13(11-7-3-1-4-8-11)17-15(21)23-16(22)18(17)14(20)12-9-5-2-6-10-12/h1-10,13-14,19-20H. The smallest absolute Gasteiger partial charge is 0.181 e. The predicted octanol–water partition coefficient (Wildman–Crippen LogP) is 3.89. The van der Waals surface area contributed by atoms with E-state index in [1.54, 1.807) is 24.3 Å². The quantitative estimate of drug-likeness (QED) is 0.692. The van der Waals surface area contributed by atoms with Crippen molar-refractivity contribution >= 4 is 35.8 Å². The van der Waals surface area contributed by atoms with Crippen molar-refractivity contribution in [2.75, 3.05) is 0 Å². The molecule has 2 atom stereocenters. The van der Waals surface area contributed by atoms with Gasteiger partial charge in [0.05, 0.1) is 0 Å². The zero-order valence-electron chi connectivity index (χ0n) is 11.9. The van der Waals surface area contributed by atoms with Crippen molar-refractivity contribution in [3.63, 3.8) is 0 Å². The minimum atomic E-state index is -1.02. The van der Waals surface area contributed by atoms with Crippen LogP contribution in [0.3, 0.4) is 0 Å². The Morgan fingerprint density at radius 3 is 1.39 bits per heavy atom. The van der Waals surface area contributed by atoms with Crippen LogP contribution in [0.5, 0.6) is 0 Å². The number of aliphatic hydroxyl groups is 2. The average Bonchev–Trinajstić information content (AvgIpc) is 2.89. The summed E-state index contributed by atoms with van der Waals surface area (Å²) in [6, 6.07) is 18.3. The lowest BCUT2D eigenvalue weighted by Crippen LogP contribution is -2.24. The van der Waals surface area contributed by atoms with Crippen molar-refractivity contribution in [1.29, 1.82) is 0 Å². The summed E-state index contributed by atoms with van der Waals surface area (Å²) in [4.78, 5) is 0. The van der Waals surface area contributed by atoms with Gasteiger partial charge in [0.15, 0.2) is 20.4 Å². The number of aromatic nitrogens is 2. The molecule has 2 unspecified atom stereocenters. The molecule has 0 radical (unpaired) electrons. The Labute approximate surface area is 147 Å². The van der Waals surface area contributed by atoms with E-state index in [0.29, 0.717) is 19.0 Å². The lowest BCUT2D eigenvalue weighted by atomic mass is 10.2. The van der Waals surface area contributed by atoms with E-state index in [-0.39, 0.29) is 0 Å². The monoisotopic (exact) mass is 362 g/mol. The first-order valence-corrected chi connectivity index (χ1v) is 8.53. The van der Waals surface area contributed by atoms with Gasteiger partial charge in [-0.25, -0.2) is 9.36 Å². The molecule has 0 aliphatic carbocycles. The Kier molecular flexibility index (Phi) is 4.84. The van der Waals surface area contributed by atoms with Crippen molar-refractivity contribution in [2.24, 2.45) is 0 Å². The van der Waals surface area contributed by atoms with Gasteiger partial charge in [-0.15, -0.1) is 0 Å². The molecular formula is C16H14N2O2S3. The van der Waals surface area contributed by atoms with E-state index in [2.05, 4.69) is 0 Å². The molecule has 0 aliphatic rings. The topological polar surface area (TPSA) is 50.3 Å². The van der Waals surface area contributed by atoms with Crippen LogP contribution in [0.2, 0.25) is 0 Å². The first-order valence-electron chi connectivity index (χ1n) is 6.90. The van der Waals surface area contributed by atoms with Crippen molar-refractivity contribution in [3.05, 3.63) is 79.7 Å². The summed E-state index contributed by atoms with van der Waals surface area (Å²) in [7, 11) is 0. The second kappa shape index (κ2) is 6.86. The molecule has 3 rings (SSSR count). The molecule has 0 aliphatic heterocycles. The Morgan fingerprint density at radius 2 is 1.04 bits per heavy atom. The highest BCUT2D eigenvalue weighted by atomic mass is 32.2. The fourth-order valence-electron chi connectivity index (χ4n) is 2.31. The third-order valence-electron chi connectivity index (χ3n) is 3.44. The Bertz CT molecular complexity index is 826. The molecule has 7 heteroatoms. The summed E-state index contributed by atoms with van der Waals surface area (Å²) in [6.07, 6.45) is -2.04. The molecule has 0 bridgehead atoms. The Hall–Kier alpha value is -1.64. The third kappa shape index (κ3) is 3.19. The van der Waals surface area contributed by atoms with Crippen LogP contribution < -0.4 is 0 Å². The Morgan fingerprint density at radius 1 is 0.696 bits per heavy atom. The van der Waals surface area contributed by atoms with Crippen molar-refractivity contribution < 1.29 is 10.2 Å². The van der Waals surface area contributed by atoms with E-state index in [4.69, 9.17) is 24.4 Å². The minimum Gasteiger partial charge on any atom is -0.368 e. The van der Waals surface area contributed by atoms with E-state index in [1.807, 2.05) is 36.4 Å². The van der Waals surface area contributed by atoms with Gasteiger partial charge >= 0.3 is 0 Å². The molecule has 23 heavy (non-hydrogen) atoms. The molecule has 118 valence electrons. The van der Waals surface area contributed by atoms with Gasteiger partial charge in [-0.2, -0.15) is 0 Å². The third-order valence-corrected chi connectivity index (χ3v) is 5.04. The molecule has 1 aromatic heterocycles. The molecule has 2 N–H and O–H groups in total. The highest BCUT2D eigenvalue weighted by Gasteiger charge is 2.21. The zero-order chi connectivity index (χ0) is 16.4. The first kappa shape index (κ1) is 16.2. The van der Waals surface area contributed by atoms with Gasteiger partial charge in [-0.3, -0.25) is 0 Å². The molecule has 4 nitrogen and oxygen atoms in total. The van der Waals surface area contributed by atoms with E-state index in [1.165, 1.54) is 20.7 Å². The molecule has 0 saturated carbocycles. The number of rotatable bonds is 4. The maximum Gasteiger partial charge on any atom is 0.181 e. The van der Waals surface area contributed by atoms with E-state index in [9.17, 15) is 10.2 Å². The van der Waals surface area contributed by atoms with Crippen molar-refractivity contribution in [1.82, 2.24) is 9.36 Å². The predicted molar refractivity (Wildman–Crippen MR) is 95.6 cm³/mol. The number of aliphatic hydroxyl groups excluding tert-OH is 2. The van der Waals surface area contributed by atoms with E-state index >= 15 is 0 Å². The summed E-state index contributed by atoms with van der Waals surface area (Å²) in [6.45, 7) is 0. The van der Waals surface area contributed by atoms with E-state index in [0.717, 1.165) is 0 Å². The van der Waals surface area contributed by atoms with Crippen LogP contribution >= 0.6 is 35.8 Å². The van der Waals surface area contributed by atoms with Gasteiger partial charge in [-0.1, -0.05) is 72.0 Å². The molecule has 3 aromatic rings. The molecule has 0 spiro atoms. The lowest BCUT2D eigenvalue weighted by Gasteiger charge is -2.21. The van der Waals surface area contributed by atoms with Crippen LogP contribution in [0, 0.1) is 7.91 Å². The molecule has 0 saturated heterocycles. The van der Waals surface area contributed by atoms with Gasteiger partial charge in [0, 0.05) is 11.1 Å². The van der Waals surface area contributed by atoms with Crippen molar-refractivity contribution in [2.45, 2.75) is 12.5 Å². The van der Waals surface area contributed by atoms with Gasteiger partial charge in [0.2, 0.25) is 0 Å². The molecule has 0 fully saturated rings. The number of benzene rings is 2. The van der Waals surface area contributed by atoms with Gasteiger partial charge in [0.1, 0.15) is 0 Å². The summed E-state index contributed by atoms with van der Waals surface area (Å²) in [5, 5.41) is 21.4. The maximum atomic E-state index is 10.7. The fraction of sp³-hybridized carbons (Fsp3) is 0.125. The largest absolute Gasteiger partial charge is 0.368 e. The van der Waals surface area contributed by atoms with Crippen LogP contribution in [-0.4, -0.2) is 19.6 Å². The molecular weight excluding hydrogens is 348 g/mol. The Balaban J connectivity index is 2.12. The minimum absolute atomic E-state index is 0.404. The first-order chi connectivity index (χ1) is 11.1. The van der Waals surface area contributed by atoms with Crippen LogP contribution in [0.1, 0.15) is 23.6 Å². The lowest BCUT2D eigenvalue weighted by molar-refractivity contribution is 0.0557. The highest BCUT2D eigenvalue weighted by molar-refractivity contribution is 7.75. The van der Waals surface area contributed by atoms with Crippen molar-refractivity contribution in [3.8, 4) is 0 Å². The molecule has 0 amide bonds. The number of nitrogens with zero attached hydrogens (tertiary/aromatic N) is 2. The summed E-state index contributed by atoms with van der Waals surface area (Å²) in [5.41, 5.74) is 1.34. The highest BCUT2D eigenvalue weighted by Crippen LogP contribution is 2.25. The summed E-state index contributed by atoms with van der Waals surface area (Å²) >= 11 is 11.8. The van der Waals surface area contributed by atoms with Crippen LogP contribution in [0.15, 0.2) is 60.7 Å². The normalized spacial score (nSPS) is 13.7. The summed E-state index contributed by atoms with van der Waals surface area (Å²) < 4.78 is 3.72. The fourth-order valence-corrected chi connectivity index (χ4v) is 4.03.